The van der Waals surface area contributed by atoms with E-state index < -0.39 is 0 Å². The molecule has 2 aromatic rings. The van der Waals surface area contributed by atoms with Crippen molar-refractivity contribution in [3.8, 4) is 0 Å². The van der Waals surface area contributed by atoms with Gasteiger partial charge < -0.3 is 4.98 Å². The highest BCUT2D eigenvalue weighted by Crippen LogP contribution is 2.16. The molecule has 0 aromatic carbocycles. The van der Waals surface area contributed by atoms with Gasteiger partial charge in [-0.3, -0.25) is 4.79 Å². The second-order valence-electron chi connectivity index (χ2n) is 4.68. The Bertz CT molecular complexity index is 717. The summed E-state index contributed by atoms with van der Waals surface area (Å²) in [5, 5.41) is 0. The number of H-pyrrole nitrogens is 1. The van der Waals surface area contributed by atoms with E-state index in [-0.39, 0.29) is 5.91 Å². The predicted molar refractivity (Wildman–Crippen MR) is 81.5 cm³/mol. The third-order valence-electron chi connectivity index (χ3n) is 3.10. The van der Waals surface area contributed by atoms with Gasteiger partial charge in [-0.2, -0.15) is 0 Å². The van der Waals surface area contributed by atoms with E-state index in [1.54, 1.807) is 6.20 Å². The lowest BCUT2D eigenvalue weighted by Gasteiger charge is -1.93. The SMILES string of the molecule is O=C1CCCCC(/C=C/c2nc3cc(Br)cnc3[nH]2)=N1. The Labute approximate surface area is 124 Å². The van der Waals surface area contributed by atoms with Gasteiger partial charge in [0.05, 0.1) is 0 Å². The molecule has 2 aromatic heterocycles. The van der Waals surface area contributed by atoms with Crippen LogP contribution in [-0.2, 0) is 4.79 Å². The molecule has 0 radical (unpaired) electrons. The highest BCUT2D eigenvalue weighted by Gasteiger charge is 2.08. The summed E-state index contributed by atoms with van der Waals surface area (Å²) in [5.41, 5.74) is 2.37. The number of pyridine rings is 1. The van der Waals surface area contributed by atoms with Crippen LogP contribution < -0.4 is 0 Å². The number of hydrogen-bond acceptors (Lipinski definition) is 3. The number of allylic oxidation sites excluding steroid dienone is 1. The number of carbonyl (C=O) groups excluding carboxylic acids is 1. The van der Waals surface area contributed by atoms with Gasteiger partial charge in [-0.05, 0) is 53.4 Å². The molecule has 102 valence electrons. The Hall–Kier alpha value is -1.82. The van der Waals surface area contributed by atoms with E-state index in [0.29, 0.717) is 12.2 Å². The number of amides is 1. The largest absolute Gasteiger partial charge is 0.323 e. The summed E-state index contributed by atoms with van der Waals surface area (Å²) in [4.78, 5) is 27.3. The fourth-order valence-corrected chi connectivity index (χ4v) is 2.44. The van der Waals surface area contributed by atoms with Gasteiger partial charge in [0.25, 0.3) is 0 Å². The van der Waals surface area contributed by atoms with Crippen molar-refractivity contribution >= 4 is 44.8 Å². The number of nitrogens with zero attached hydrogens (tertiary/aromatic N) is 3. The number of aromatic amines is 1. The van der Waals surface area contributed by atoms with E-state index in [0.717, 1.165) is 40.6 Å². The molecule has 5 nitrogen and oxygen atoms in total. The normalized spacial score (nSPS) is 16.6. The Balaban J connectivity index is 1.84. The van der Waals surface area contributed by atoms with Crippen molar-refractivity contribution in [1.29, 1.82) is 0 Å². The van der Waals surface area contributed by atoms with Crippen LogP contribution in [0.1, 0.15) is 31.5 Å². The summed E-state index contributed by atoms with van der Waals surface area (Å²) in [6, 6.07) is 1.91. The quantitative estimate of drug-likeness (QED) is 0.917. The molecule has 1 N–H and O–H groups in total. The second-order valence-corrected chi connectivity index (χ2v) is 5.60. The van der Waals surface area contributed by atoms with E-state index >= 15 is 0 Å². The molecule has 0 saturated heterocycles. The number of rotatable bonds is 2. The first kappa shape index (κ1) is 13.2. The first-order valence-corrected chi connectivity index (χ1v) is 7.30. The predicted octanol–water partition coefficient (Wildman–Crippen LogP) is 3.28. The van der Waals surface area contributed by atoms with Gasteiger partial charge in [0.1, 0.15) is 11.3 Å². The summed E-state index contributed by atoms with van der Waals surface area (Å²) < 4.78 is 0.894. The first-order chi connectivity index (χ1) is 9.70. The topological polar surface area (TPSA) is 71.0 Å². The molecule has 1 amide bonds. The third kappa shape index (κ3) is 3.01. The number of carbonyl (C=O) groups is 1. The number of halogens is 1. The number of aromatic nitrogens is 3. The molecule has 0 saturated carbocycles. The van der Waals surface area contributed by atoms with Gasteiger partial charge in [0, 0.05) is 22.8 Å². The minimum Gasteiger partial charge on any atom is -0.323 e. The van der Waals surface area contributed by atoms with E-state index in [1.807, 2.05) is 18.2 Å². The number of fused-ring (bicyclic) bond motifs is 1. The molecule has 20 heavy (non-hydrogen) atoms. The maximum absolute atomic E-state index is 11.4. The first-order valence-electron chi connectivity index (χ1n) is 6.50. The van der Waals surface area contributed by atoms with E-state index in [1.165, 1.54) is 0 Å². The maximum atomic E-state index is 11.4. The molecule has 0 spiro atoms. The second kappa shape index (κ2) is 5.66. The van der Waals surface area contributed by atoms with Crippen LogP contribution in [0.3, 0.4) is 0 Å². The fraction of sp³-hybridized carbons (Fsp3) is 0.286. The van der Waals surface area contributed by atoms with Crippen LogP contribution in [0.15, 0.2) is 27.8 Å². The van der Waals surface area contributed by atoms with Crippen LogP contribution in [0.2, 0.25) is 0 Å². The molecule has 0 aliphatic carbocycles. The number of aliphatic imine (C=N–C) groups is 1. The van der Waals surface area contributed by atoms with Crippen LogP contribution in [0.5, 0.6) is 0 Å². The van der Waals surface area contributed by atoms with Crippen LogP contribution in [0.4, 0.5) is 0 Å². The van der Waals surface area contributed by atoms with E-state index in [4.69, 9.17) is 0 Å². The van der Waals surface area contributed by atoms with Crippen molar-refractivity contribution in [2.24, 2.45) is 4.99 Å². The van der Waals surface area contributed by atoms with Gasteiger partial charge in [0.2, 0.25) is 5.91 Å². The average molecular weight is 333 g/mol. The molecule has 1 aliphatic heterocycles. The van der Waals surface area contributed by atoms with Crippen LogP contribution in [0, 0.1) is 0 Å². The molecule has 3 heterocycles. The Morgan fingerprint density at radius 2 is 2.10 bits per heavy atom. The molecule has 0 fully saturated rings. The van der Waals surface area contributed by atoms with Crippen molar-refractivity contribution < 1.29 is 4.79 Å². The van der Waals surface area contributed by atoms with Gasteiger partial charge in [0.15, 0.2) is 5.65 Å². The Kier molecular flexibility index (Phi) is 3.73. The maximum Gasteiger partial charge on any atom is 0.245 e. The zero-order chi connectivity index (χ0) is 13.9. The minimum absolute atomic E-state index is 0.0302. The zero-order valence-corrected chi connectivity index (χ0v) is 12.4. The summed E-state index contributed by atoms with van der Waals surface area (Å²) >= 11 is 3.37. The van der Waals surface area contributed by atoms with Crippen molar-refractivity contribution in [3.05, 3.63) is 28.6 Å². The summed E-state index contributed by atoms with van der Waals surface area (Å²) in [6.07, 6.45) is 8.74. The summed E-state index contributed by atoms with van der Waals surface area (Å²) in [6.45, 7) is 0. The standard InChI is InChI=1S/C14H13BrN4O/c15-9-7-11-14(16-8-9)19-12(18-11)6-5-10-3-1-2-4-13(20)17-10/h5-8H,1-4H2,(H,16,18,19)/b6-5+. The molecule has 0 unspecified atom stereocenters. The lowest BCUT2D eigenvalue weighted by Crippen LogP contribution is -1.95. The zero-order valence-electron chi connectivity index (χ0n) is 10.8. The number of nitrogens with one attached hydrogen (secondary N) is 1. The molecule has 1 aliphatic rings. The molecule has 6 heteroatoms. The van der Waals surface area contributed by atoms with Crippen molar-refractivity contribution in [2.45, 2.75) is 25.7 Å². The van der Waals surface area contributed by atoms with Gasteiger partial charge in [-0.15, -0.1) is 0 Å². The van der Waals surface area contributed by atoms with Gasteiger partial charge in [-0.1, -0.05) is 0 Å². The number of hydrogen-bond donors (Lipinski definition) is 1. The van der Waals surface area contributed by atoms with Crippen LogP contribution in [0.25, 0.3) is 17.2 Å². The van der Waals surface area contributed by atoms with Gasteiger partial charge >= 0.3 is 0 Å². The highest BCUT2D eigenvalue weighted by molar-refractivity contribution is 9.10. The minimum atomic E-state index is -0.0302. The number of imidazole rings is 1. The van der Waals surface area contributed by atoms with Crippen molar-refractivity contribution in [2.75, 3.05) is 0 Å². The summed E-state index contributed by atoms with van der Waals surface area (Å²) in [5.74, 6) is 0.683. The summed E-state index contributed by atoms with van der Waals surface area (Å²) in [7, 11) is 0. The molecular weight excluding hydrogens is 320 g/mol. The Morgan fingerprint density at radius 3 is 3.00 bits per heavy atom. The molecule has 3 rings (SSSR count). The fourth-order valence-electron chi connectivity index (χ4n) is 2.12. The monoisotopic (exact) mass is 332 g/mol. The van der Waals surface area contributed by atoms with Crippen LogP contribution in [-0.4, -0.2) is 26.6 Å². The van der Waals surface area contributed by atoms with Crippen LogP contribution >= 0.6 is 15.9 Å². The third-order valence-corrected chi connectivity index (χ3v) is 3.53. The highest BCUT2D eigenvalue weighted by atomic mass is 79.9. The van der Waals surface area contributed by atoms with Crippen molar-refractivity contribution in [3.63, 3.8) is 0 Å². The Morgan fingerprint density at radius 1 is 1.25 bits per heavy atom. The average Bonchev–Trinajstić information content (AvgIpc) is 2.70. The molecular formula is C14H13BrN4O. The molecule has 0 atom stereocenters. The van der Waals surface area contributed by atoms with E-state index in [9.17, 15) is 4.79 Å². The lowest BCUT2D eigenvalue weighted by atomic mass is 10.1. The lowest BCUT2D eigenvalue weighted by molar-refractivity contribution is -0.117. The smallest absolute Gasteiger partial charge is 0.245 e. The van der Waals surface area contributed by atoms with Gasteiger partial charge in [-0.25, -0.2) is 15.0 Å². The van der Waals surface area contributed by atoms with Crippen molar-refractivity contribution in [1.82, 2.24) is 15.0 Å². The van der Waals surface area contributed by atoms with E-state index in [2.05, 4.69) is 35.9 Å². The molecule has 0 bridgehead atoms.